The molecule has 0 aliphatic carbocycles. The minimum atomic E-state index is -0.307. The van der Waals surface area contributed by atoms with Gasteiger partial charge in [0, 0.05) is 11.1 Å². The minimum absolute atomic E-state index is 0.307. The molecule has 0 aromatic heterocycles. The van der Waals surface area contributed by atoms with E-state index >= 15 is 0 Å². The van der Waals surface area contributed by atoms with Crippen molar-refractivity contribution in [3.63, 3.8) is 0 Å². The zero-order valence-electron chi connectivity index (χ0n) is 14.7. The fraction of sp³-hybridized carbons (Fsp3) is 0.143. The summed E-state index contributed by atoms with van der Waals surface area (Å²) in [5, 5.41) is 6.21. The Kier molecular flexibility index (Phi) is 5.49. The Labute approximate surface area is 152 Å². The van der Waals surface area contributed by atoms with Crippen molar-refractivity contribution in [2.75, 3.05) is 13.7 Å². The zero-order valence-corrected chi connectivity index (χ0v) is 14.7. The molecule has 26 heavy (non-hydrogen) atoms. The summed E-state index contributed by atoms with van der Waals surface area (Å²) in [5.41, 5.74) is 3.86. The molecule has 0 heterocycles. The van der Waals surface area contributed by atoms with Gasteiger partial charge in [0.15, 0.2) is 0 Å². The average molecular weight is 348 g/mol. The topological polar surface area (TPSA) is 59.9 Å². The van der Waals surface area contributed by atoms with Gasteiger partial charge in [0.2, 0.25) is 0 Å². The number of ether oxygens (including phenoxy) is 2. The normalized spacial score (nSPS) is 10.8. The number of amides is 1. The maximum Gasteiger partial charge on any atom is 0.271 e. The van der Waals surface area contributed by atoms with Gasteiger partial charge < -0.3 is 9.47 Å². The maximum absolute atomic E-state index is 12.3. The molecule has 0 spiro atoms. The third kappa shape index (κ3) is 3.83. The number of benzene rings is 3. The number of nitrogens with one attached hydrogen (secondary N) is 1. The van der Waals surface area contributed by atoms with Crippen molar-refractivity contribution in [3.8, 4) is 11.5 Å². The first-order valence-electron chi connectivity index (χ1n) is 8.35. The summed E-state index contributed by atoms with van der Waals surface area (Å²) in [6, 6.07) is 18.8. The van der Waals surface area contributed by atoms with Crippen molar-refractivity contribution in [1.82, 2.24) is 5.43 Å². The molecule has 0 radical (unpaired) electrons. The Balaban J connectivity index is 1.85. The number of carbonyl (C=O) groups is 1. The highest BCUT2D eigenvalue weighted by Crippen LogP contribution is 2.26. The molecule has 1 amide bonds. The Morgan fingerprint density at radius 3 is 2.77 bits per heavy atom. The van der Waals surface area contributed by atoms with Crippen molar-refractivity contribution in [3.05, 3.63) is 71.8 Å². The quantitative estimate of drug-likeness (QED) is 0.541. The number of hydrogen-bond acceptors (Lipinski definition) is 4. The molecule has 132 valence electrons. The van der Waals surface area contributed by atoms with Gasteiger partial charge >= 0.3 is 0 Å². The fourth-order valence-electron chi connectivity index (χ4n) is 2.67. The highest BCUT2D eigenvalue weighted by atomic mass is 16.5. The molecular formula is C21H20N2O3. The van der Waals surface area contributed by atoms with Crippen LogP contribution in [-0.4, -0.2) is 25.8 Å². The van der Waals surface area contributed by atoms with Crippen LogP contribution in [0.1, 0.15) is 22.8 Å². The molecule has 0 atom stereocenters. The molecule has 3 aromatic rings. The second-order valence-corrected chi connectivity index (χ2v) is 5.56. The van der Waals surface area contributed by atoms with E-state index in [2.05, 4.69) is 10.5 Å². The van der Waals surface area contributed by atoms with Crippen LogP contribution in [-0.2, 0) is 0 Å². The van der Waals surface area contributed by atoms with Crippen molar-refractivity contribution in [1.29, 1.82) is 0 Å². The smallest absolute Gasteiger partial charge is 0.271 e. The first-order chi connectivity index (χ1) is 12.7. The Bertz CT molecular complexity index is 951. The van der Waals surface area contributed by atoms with Crippen molar-refractivity contribution in [2.24, 2.45) is 5.10 Å². The van der Waals surface area contributed by atoms with E-state index in [4.69, 9.17) is 9.47 Å². The second-order valence-electron chi connectivity index (χ2n) is 5.56. The molecule has 3 aromatic carbocycles. The summed E-state index contributed by atoms with van der Waals surface area (Å²) in [6.45, 7) is 2.48. The molecule has 0 saturated heterocycles. The van der Waals surface area contributed by atoms with Gasteiger partial charge in [-0.2, -0.15) is 5.10 Å². The monoisotopic (exact) mass is 348 g/mol. The number of rotatable bonds is 6. The highest BCUT2D eigenvalue weighted by Gasteiger charge is 2.08. The van der Waals surface area contributed by atoms with E-state index < -0.39 is 0 Å². The van der Waals surface area contributed by atoms with Crippen LogP contribution in [0.5, 0.6) is 11.5 Å². The van der Waals surface area contributed by atoms with Crippen LogP contribution >= 0.6 is 0 Å². The molecule has 5 heteroatoms. The standard InChI is InChI=1S/C21H20N2O3/c1-3-26-20-12-11-15-7-4-5-10-18(15)19(20)14-22-23-21(24)16-8-6-9-17(13-16)25-2/h4-14H,3H2,1-2H3,(H,23,24)/b22-14+. The third-order valence-corrected chi connectivity index (χ3v) is 3.92. The second kappa shape index (κ2) is 8.16. The van der Waals surface area contributed by atoms with E-state index in [-0.39, 0.29) is 5.91 Å². The van der Waals surface area contributed by atoms with Gasteiger partial charge in [0.25, 0.3) is 5.91 Å². The van der Waals surface area contributed by atoms with Crippen LogP contribution in [0.4, 0.5) is 0 Å². The first kappa shape index (κ1) is 17.5. The molecule has 1 N–H and O–H groups in total. The third-order valence-electron chi connectivity index (χ3n) is 3.92. The largest absolute Gasteiger partial charge is 0.497 e. The fourth-order valence-corrected chi connectivity index (χ4v) is 2.67. The van der Waals surface area contributed by atoms with Crippen molar-refractivity contribution >= 4 is 22.9 Å². The number of fused-ring (bicyclic) bond motifs is 1. The van der Waals surface area contributed by atoms with E-state index in [0.717, 1.165) is 22.1 Å². The van der Waals surface area contributed by atoms with E-state index in [1.165, 1.54) is 0 Å². The zero-order chi connectivity index (χ0) is 18.4. The summed E-state index contributed by atoms with van der Waals surface area (Å²) in [6.07, 6.45) is 1.62. The number of nitrogens with zero attached hydrogens (tertiary/aromatic N) is 1. The lowest BCUT2D eigenvalue weighted by Gasteiger charge is -2.10. The number of methoxy groups -OCH3 is 1. The van der Waals surface area contributed by atoms with Crippen LogP contribution < -0.4 is 14.9 Å². The van der Waals surface area contributed by atoms with Crippen LogP contribution in [0.2, 0.25) is 0 Å². The van der Waals surface area contributed by atoms with E-state index in [1.807, 2.05) is 43.3 Å². The van der Waals surface area contributed by atoms with Gasteiger partial charge in [-0.1, -0.05) is 36.4 Å². The van der Waals surface area contributed by atoms with Crippen LogP contribution in [0.25, 0.3) is 10.8 Å². The van der Waals surface area contributed by atoms with E-state index in [0.29, 0.717) is 17.9 Å². The lowest BCUT2D eigenvalue weighted by molar-refractivity contribution is 0.0954. The highest BCUT2D eigenvalue weighted by molar-refractivity contribution is 6.03. The lowest BCUT2D eigenvalue weighted by Crippen LogP contribution is -2.17. The Morgan fingerprint density at radius 1 is 1.12 bits per heavy atom. The number of carbonyl (C=O) groups excluding carboxylic acids is 1. The van der Waals surface area contributed by atoms with Gasteiger partial charge in [0.05, 0.1) is 19.9 Å². The predicted molar refractivity (Wildman–Crippen MR) is 103 cm³/mol. The van der Waals surface area contributed by atoms with Gasteiger partial charge in [-0.05, 0) is 42.0 Å². The molecule has 3 rings (SSSR count). The Morgan fingerprint density at radius 2 is 1.96 bits per heavy atom. The minimum Gasteiger partial charge on any atom is -0.497 e. The summed E-state index contributed by atoms with van der Waals surface area (Å²) in [4.78, 5) is 12.3. The summed E-state index contributed by atoms with van der Waals surface area (Å²) >= 11 is 0. The predicted octanol–water partition coefficient (Wildman–Crippen LogP) is 4.01. The van der Waals surface area contributed by atoms with Crippen LogP contribution in [0, 0.1) is 0 Å². The molecule has 0 saturated carbocycles. The SMILES string of the molecule is CCOc1ccc2ccccc2c1/C=N/NC(=O)c1cccc(OC)c1. The molecule has 0 aliphatic rings. The van der Waals surface area contributed by atoms with Gasteiger partial charge in [0.1, 0.15) is 11.5 Å². The van der Waals surface area contributed by atoms with E-state index in [1.54, 1.807) is 37.6 Å². The average Bonchev–Trinajstić information content (AvgIpc) is 2.69. The molecule has 0 fully saturated rings. The first-order valence-corrected chi connectivity index (χ1v) is 8.35. The van der Waals surface area contributed by atoms with Gasteiger partial charge in [-0.3, -0.25) is 4.79 Å². The van der Waals surface area contributed by atoms with Crippen molar-refractivity contribution in [2.45, 2.75) is 6.92 Å². The Hall–Kier alpha value is -3.34. The number of hydrogen-bond donors (Lipinski definition) is 1. The van der Waals surface area contributed by atoms with Crippen LogP contribution in [0.15, 0.2) is 65.8 Å². The van der Waals surface area contributed by atoms with Gasteiger partial charge in [-0.25, -0.2) is 5.43 Å². The van der Waals surface area contributed by atoms with E-state index in [9.17, 15) is 4.79 Å². The van der Waals surface area contributed by atoms with Crippen LogP contribution in [0.3, 0.4) is 0 Å². The lowest BCUT2D eigenvalue weighted by atomic mass is 10.0. The maximum atomic E-state index is 12.3. The molecule has 0 bridgehead atoms. The molecule has 0 unspecified atom stereocenters. The summed E-state index contributed by atoms with van der Waals surface area (Å²) in [7, 11) is 1.56. The molecular weight excluding hydrogens is 328 g/mol. The van der Waals surface area contributed by atoms with Crippen molar-refractivity contribution < 1.29 is 14.3 Å². The molecule has 5 nitrogen and oxygen atoms in total. The van der Waals surface area contributed by atoms with Gasteiger partial charge in [-0.15, -0.1) is 0 Å². The summed E-state index contributed by atoms with van der Waals surface area (Å²) < 4.78 is 10.8. The number of hydrazone groups is 1. The molecule has 0 aliphatic heterocycles. The summed E-state index contributed by atoms with van der Waals surface area (Å²) in [5.74, 6) is 1.04.